The molecule has 3 rings (SSSR count). The van der Waals surface area contributed by atoms with E-state index in [2.05, 4.69) is 46.6 Å². The molecule has 0 fully saturated rings. The zero-order chi connectivity index (χ0) is 18.7. The number of hydrogen-bond acceptors (Lipinski definition) is 7. The van der Waals surface area contributed by atoms with Crippen molar-refractivity contribution in [1.82, 2.24) is 20.1 Å². The summed E-state index contributed by atoms with van der Waals surface area (Å²) in [7, 11) is 0. The van der Waals surface area contributed by atoms with Crippen molar-refractivity contribution in [3.8, 4) is 11.5 Å². The van der Waals surface area contributed by atoms with Crippen molar-refractivity contribution < 1.29 is 4.52 Å². The van der Waals surface area contributed by atoms with E-state index < -0.39 is 0 Å². The van der Waals surface area contributed by atoms with E-state index in [0.717, 1.165) is 30.0 Å². The van der Waals surface area contributed by atoms with E-state index in [-0.39, 0.29) is 11.3 Å². The molecule has 6 nitrogen and oxygen atoms in total. The Morgan fingerprint density at radius 2 is 2.04 bits per heavy atom. The molecule has 0 amide bonds. The smallest absolute Gasteiger partial charge is 0.258 e. The summed E-state index contributed by atoms with van der Waals surface area (Å²) >= 11 is 1.72. The Hall–Kier alpha value is -2.28. The maximum atomic E-state index is 5.35. The maximum Gasteiger partial charge on any atom is 0.258 e. The summed E-state index contributed by atoms with van der Waals surface area (Å²) < 4.78 is 5.35. The highest BCUT2D eigenvalue weighted by Crippen LogP contribution is 2.26. The summed E-state index contributed by atoms with van der Waals surface area (Å²) in [4.78, 5) is 13.5. The van der Waals surface area contributed by atoms with Crippen LogP contribution in [0.15, 0.2) is 28.2 Å². The number of anilines is 1. The highest BCUT2D eigenvalue weighted by Gasteiger charge is 2.17. The van der Waals surface area contributed by atoms with Gasteiger partial charge in [-0.05, 0) is 12.1 Å². The third-order valence-corrected chi connectivity index (χ3v) is 5.16. The number of aromatic nitrogens is 4. The first-order chi connectivity index (χ1) is 12.3. The summed E-state index contributed by atoms with van der Waals surface area (Å²) in [5.74, 6) is 2.26. The average Bonchev–Trinajstić information content (AvgIpc) is 3.24. The number of thiazole rings is 1. The van der Waals surface area contributed by atoms with Gasteiger partial charge in [0.05, 0.1) is 10.7 Å². The van der Waals surface area contributed by atoms with Gasteiger partial charge in [-0.2, -0.15) is 4.98 Å². The fraction of sp³-hybridized carbons (Fsp3) is 0.474. The van der Waals surface area contributed by atoms with Crippen LogP contribution in [-0.4, -0.2) is 26.7 Å². The lowest BCUT2D eigenvalue weighted by Gasteiger charge is -2.13. The third-order valence-electron chi connectivity index (χ3n) is 3.85. The highest BCUT2D eigenvalue weighted by molar-refractivity contribution is 7.09. The molecule has 0 saturated heterocycles. The van der Waals surface area contributed by atoms with E-state index in [9.17, 15) is 0 Å². The van der Waals surface area contributed by atoms with Crippen LogP contribution in [0, 0.1) is 0 Å². The van der Waals surface area contributed by atoms with Crippen molar-refractivity contribution in [1.29, 1.82) is 0 Å². The first kappa shape index (κ1) is 18.5. The molecule has 0 saturated carbocycles. The monoisotopic (exact) mass is 371 g/mol. The van der Waals surface area contributed by atoms with E-state index in [1.165, 1.54) is 5.01 Å². The molecular formula is C19H25N5OS. The molecular weight excluding hydrogens is 346 g/mol. The zero-order valence-electron chi connectivity index (χ0n) is 15.9. The molecule has 0 aromatic carbocycles. The molecule has 0 aliphatic carbocycles. The largest absolute Gasteiger partial charge is 0.370 e. The van der Waals surface area contributed by atoms with Crippen molar-refractivity contribution in [2.45, 2.75) is 52.4 Å². The van der Waals surface area contributed by atoms with Crippen LogP contribution in [-0.2, 0) is 11.8 Å². The molecule has 0 bridgehead atoms. The SMILES string of the molecule is CC(C)c1noc(-c2ccnc(NCCc3csc(C(C)(C)C)n3)c2)n1. The van der Waals surface area contributed by atoms with Gasteiger partial charge < -0.3 is 9.84 Å². The molecule has 0 atom stereocenters. The molecule has 26 heavy (non-hydrogen) atoms. The molecule has 0 spiro atoms. The number of hydrogen-bond donors (Lipinski definition) is 1. The molecule has 0 unspecified atom stereocenters. The van der Waals surface area contributed by atoms with E-state index in [4.69, 9.17) is 9.51 Å². The Morgan fingerprint density at radius 1 is 1.23 bits per heavy atom. The van der Waals surface area contributed by atoms with E-state index >= 15 is 0 Å². The maximum absolute atomic E-state index is 5.35. The lowest BCUT2D eigenvalue weighted by molar-refractivity contribution is 0.419. The van der Waals surface area contributed by atoms with Gasteiger partial charge in [-0.25, -0.2) is 9.97 Å². The van der Waals surface area contributed by atoms with Crippen molar-refractivity contribution in [3.05, 3.63) is 40.2 Å². The van der Waals surface area contributed by atoms with Crippen molar-refractivity contribution in [2.75, 3.05) is 11.9 Å². The van der Waals surface area contributed by atoms with Gasteiger partial charge in [0.15, 0.2) is 5.82 Å². The number of nitrogens with one attached hydrogen (secondary N) is 1. The first-order valence-electron chi connectivity index (χ1n) is 8.81. The normalized spacial score (nSPS) is 11.9. The Morgan fingerprint density at radius 3 is 2.69 bits per heavy atom. The lowest BCUT2D eigenvalue weighted by atomic mass is 9.98. The zero-order valence-corrected chi connectivity index (χ0v) is 16.7. The minimum atomic E-state index is 0.102. The minimum absolute atomic E-state index is 0.102. The number of pyridine rings is 1. The molecule has 0 aliphatic rings. The van der Waals surface area contributed by atoms with Crippen LogP contribution in [0.1, 0.15) is 57.1 Å². The number of nitrogens with zero attached hydrogens (tertiary/aromatic N) is 4. The average molecular weight is 372 g/mol. The van der Waals surface area contributed by atoms with Gasteiger partial charge in [-0.15, -0.1) is 11.3 Å². The predicted octanol–water partition coefficient (Wildman–Crippen LogP) is 4.66. The Bertz CT molecular complexity index is 863. The second kappa shape index (κ2) is 7.53. The Labute approximate surface area is 158 Å². The van der Waals surface area contributed by atoms with E-state index in [1.54, 1.807) is 17.5 Å². The molecule has 0 aliphatic heterocycles. The minimum Gasteiger partial charge on any atom is -0.370 e. The second-order valence-electron chi connectivity index (χ2n) is 7.61. The van der Waals surface area contributed by atoms with Crippen molar-refractivity contribution in [2.24, 2.45) is 0 Å². The van der Waals surface area contributed by atoms with Crippen LogP contribution in [0.4, 0.5) is 5.82 Å². The van der Waals surface area contributed by atoms with E-state index in [0.29, 0.717) is 11.7 Å². The standard InChI is InChI=1S/C19H25N5OS/c1-12(2)16-23-17(25-24-16)13-6-8-20-15(10-13)21-9-7-14-11-26-18(22-14)19(3,4)5/h6,8,10-12H,7,9H2,1-5H3,(H,20,21). The van der Waals surface area contributed by atoms with Gasteiger partial charge in [-0.1, -0.05) is 39.8 Å². The van der Waals surface area contributed by atoms with E-state index in [1.807, 2.05) is 26.0 Å². The molecule has 0 radical (unpaired) electrons. The van der Waals surface area contributed by atoms with Gasteiger partial charge in [0, 0.05) is 41.4 Å². The summed E-state index contributed by atoms with van der Waals surface area (Å²) in [5, 5.41) is 10.7. The third kappa shape index (κ3) is 4.46. The molecule has 3 heterocycles. The lowest BCUT2D eigenvalue weighted by Crippen LogP contribution is -2.11. The first-order valence-corrected chi connectivity index (χ1v) is 9.69. The summed E-state index contributed by atoms with van der Waals surface area (Å²) in [5.41, 5.74) is 2.08. The topological polar surface area (TPSA) is 76.7 Å². The fourth-order valence-corrected chi connectivity index (χ4v) is 3.27. The Balaban J connectivity index is 1.61. The van der Waals surface area contributed by atoms with Gasteiger partial charge in [0.2, 0.25) is 0 Å². The molecule has 1 N–H and O–H groups in total. The van der Waals surface area contributed by atoms with Gasteiger partial charge in [0.1, 0.15) is 5.82 Å². The molecule has 138 valence electrons. The summed E-state index contributed by atoms with van der Waals surface area (Å²) in [6, 6.07) is 3.80. The quantitative estimate of drug-likeness (QED) is 0.679. The molecule has 3 aromatic rings. The molecule has 3 aromatic heterocycles. The summed E-state index contributed by atoms with van der Waals surface area (Å²) in [6.45, 7) is 11.4. The molecule has 7 heteroatoms. The van der Waals surface area contributed by atoms with Crippen LogP contribution in [0.5, 0.6) is 0 Å². The predicted molar refractivity (Wildman–Crippen MR) is 105 cm³/mol. The van der Waals surface area contributed by atoms with Gasteiger partial charge in [0.25, 0.3) is 5.89 Å². The van der Waals surface area contributed by atoms with Crippen LogP contribution in [0.3, 0.4) is 0 Å². The fourth-order valence-electron chi connectivity index (χ4n) is 2.33. The highest BCUT2D eigenvalue weighted by atomic mass is 32.1. The van der Waals surface area contributed by atoms with Crippen LogP contribution >= 0.6 is 11.3 Å². The second-order valence-corrected chi connectivity index (χ2v) is 8.47. The van der Waals surface area contributed by atoms with Crippen molar-refractivity contribution >= 4 is 17.2 Å². The van der Waals surface area contributed by atoms with Crippen LogP contribution < -0.4 is 5.32 Å². The van der Waals surface area contributed by atoms with Crippen molar-refractivity contribution in [3.63, 3.8) is 0 Å². The number of rotatable bonds is 6. The summed E-state index contributed by atoms with van der Waals surface area (Å²) in [6.07, 6.45) is 2.61. The van der Waals surface area contributed by atoms with Crippen LogP contribution in [0.25, 0.3) is 11.5 Å². The van der Waals surface area contributed by atoms with Gasteiger partial charge >= 0.3 is 0 Å². The van der Waals surface area contributed by atoms with Crippen LogP contribution in [0.2, 0.25) is 0 Å². The Kier molecular flexibility index (Phi) is 5.36. The van der Waals surface area contributed by atoms with Gasteiger partial charge in [-0.3, -0.25) is 0 Å².